The molecule has 0 spiro atoms. The van der Waals surface area contributed by atoms with Gasteiger partial charge in [0.05, 0.1) is 6.04 Å². The van der Waals surface area contributed by atoms with Gasteiger partial charge in [0.15, 0.2) is 5.65 Å². The number of nitrogens with one attached hydrogen (secondary N) is 1. The lowest BCUT2D eigenvalue weighted by atomic mass is 10.1. The largest absolute Gasteiger partial charge is 0.345 e. The number of hydrogen-bond acceptors (Lipinski definition) is 4. The van der Waals surface area contributed by atoms with Crippen LogP contribution in [0.2, 0.25) is 0 Å². The lowest BCUT2D eigenvalue weighted by Gasteiger charge is -2.14. The molecule has 20 heavy (non-hydrogen) atoms. The van der Waals surface area contributed by atoms with Gasteiger partial charge in [0, 0.05) is 11.1 Å². The molecule has 1 atom stereocenters. The van der Waals surface area contributed by atoms with Gasteiger partial charge < -0.3 is 5.32 Å². The summed E-state index contributed by atoms with van der Waals surface area (Å²) in [6, 6.07) is 8.59. The molecule has 104 valence electrons. The quantitative estimate of drug-likeness (QED) is 0.769. The second kappa shape index (κ2) is 5.63. The zero-order valence-corrected chi connectivity index (χ0v) is 12.5. The normalized spacial score (nSPS) is 12.7. The van der Waals surface area contributed by atoms with Gasteiger partial charge in [0.2, 0.25) is 5.95 Å². The zero-order valence-electron chi connectivity index (χ0n) is 11.7. The minimum Gasteiger partial charge on any atom is -0.345 e. The van der Waals surface area contributed by atoms with Crippen LogP contribution in [0.25, 0.3) is 5.65 Å². The summed E-state index contributed by atoms with van der Waals surface area (Å²) in [7, 11) is 0. The van der Waals surface area contributed by atoms with E-state index in [1.54, 1.807) is 11.3 Å². The second-order valence-electron chi connectivity index (χ2n) is 4.90. The number of aromatic nitrogens is 3. The molecule has 5 heteroatoms. The van der Waals surface area contributed by atoms with Gasteiger partial charge in [-0.3, -0.25) is 0 Å². The van der Waals surface area contributed by atoms with Crippen molar-refractivity contribution in [3.63, 3.8) is 0 Å². The summed E-state index contributed by atoms with van der Waals surface area (Å²) in [4.78, 5) is 5.93. The number of thiophene rings is 1. The highest BCUT2D eigenvalue weighted by Gasteiger charge is 2.14. The third kappa shape index (κ3) is 2.54. The van der Waals surface area contributed by atoms with Crippen molar-refractivity contribution in [2.45, 2.75) is 32.7 Å². The van der Waals surface area contributed by atoms with Gasteiger partial charge in [0.1, 0.15) is 0 Å². The molecule has 3 heterocycles. The predicted octanol–water partition coefficient (Wildman–Crippen LogP) is 4.05. The van der Waals surface area contributed by atoms with E-state index in [0.29, 0.717) is 5.95 Å². The van der Waals surface area contributed by atoms with Crippen LogP contribution >= 0.6 is 11.3 Å². The van der Waals surface area contributed by atoms with Crippen molar-refractivity contribution < 1.29 is 0 Å². The molecule has 0 saturated carbocycles. The minimum atomic E-state index is 0.290. The fourth-order valence-electron chi connectivity index (χ4n) is 2.32. The van der Waals surface area contributed by atoms with E-state index < -0.39 is 0 Å². The monoisotopic (exact) mass is 286 g/mol. The van der Waals surface area contributed by atoms with Gasteiger partial charge in [-0.15, -0.1) is 16.4 Å². The Kier molecular flexibility index (Phi) is 3.69. The molecular weight excluding hydrogens is 268 g/mol. The van der Waals surface area contributed by atoms with Gasteiger partial charge in [-0.25, -0.2) is 4.52 Å². The lowest BCUT2D eigenvalue weighted by molar-refractivity contribution is 0.680. The topological polar surface area (TPSA) is 42.2 Å². The number of fused-ring (bicyclic) bond motifs is 1. The lowest BCUT2D eigenvalue weighted by Crippen LogP contribution is -2.10. The highest BCUT2D eigenvalue weighted by molar-refractivity contribution is 7.10. The van der Waals surface area contributed by atoms with Crippen LogP contribution in [0.5, 0.6) is 0 Å². The zero-order chi connectivity index (χ0) is 13.9. The molecule has 0 aliphatic heterocycles. The van der Waals surface area contributed by atoms with E-state index in [0.717, 1.165) is 24.1 Å². The van der Waals surface area contributed by atoms with Crippen LogP contribution in [0.3, 0.4) is 0 Å². The van der Waals surface area contributed by atoms with E-state index in [1.165, 1.54) is 4.88 Å². The summed E-state index contributed by atoms with van der Waals surface area (Å²) in [6.45, 7) is 4.25. The molecule has 3 aromatic heterocycles. The average Bonchev–Trinajstić information content (AvgIpc) is 3.07. The molecule has 3 rings (SSSR count). The fourth-order valence-corrected chi connectivity index (χ4v) is 3.13. The van der Waals surface area contributed by atoms with Gasteiger partial charge in [0.25, 0.3) is 0 Å². The average molecular weight is 286 g/mol. The standard InChI is InChI=1S/C15H18N4S/c1-3-6-12(13-8-5-10-20-13)16-15-17-14-11(2)7-4-9-19(14)18-15/h4-5,7-10,12H,3,6H2,1-2H3,(H,16,18). The maximum absolute atomic E-state index is 4.59. The van der Waals surface area contributed by atoms with E-state index in [1.807, 2.05) is 16.8 Å². The molecule has 0 aromatic carbocycles. The molecule has 0 amide bonds. The number of rotatable bonds is 5. The van der Waals surface area contributed by atoms with Crippen molar-refractivity contribution in [3.05, 3.63) is 46.3 Å². The summed E-state index contributed by atoms with van der Waals surface area (Å²) in [5.74, 6) is 0.700. The molecule has 0 fully saturated rings. The smallest absolute Gasteiger partial charge is 0.243 e. The van der Waals surface area contributed by atoms with E-state index in [4.69, 9.17) is 0 Å². The molecular formula is C15H18N4S. The predicted molar refractivity (Wildman–Crippen MR) is 83.3 cm³/mol. The Morgan fingerprint density at radius 1 is 1.35 bits per heavy atom. The number of anilines is 1. The Labute approximate surface area is 122 Å². The molecule has 0 bridgehead atoms. The van der Waals surface area contributed by atoms with Gasteiger partial charge >= 0.3 is 0 Å². The second-order valence-corrected chi connectivity index (χ2v) is 5.88. The van der Waals surface area contributed by atoms with Crippen LogP contribution in [0.15, 0.2) is 35.8 Å². The van der Waals surface area contributed by atoms with Crippen LogP contribution in [0, 0.1) is 6.92 Å². The van der Waals surface area contributed by atoms with Crippen LogP contribution in [-0.2, 0) is 0 Å². The Morgan fingerprint density at radius 2 is 2.25 bits per heavy atom. The van der Waals surface area contributed by atoms with Crippen LogP contribution < -0.4 is 5.32 Å². The summed E-state index contributed by atoms with van der Waals surface area (Å²) in [5, 5.41) is 10.1. The Balaban J connectivity index is 1.88. The summed E-state index contributed by atoms with van der Waals surface area (Å²) in [5.41, 5.74) is 2.05. The van der Waals surface area contributed by atoms with Crippen molar-refractivity contribution in [1.82, 2.24) is 14.6 Å². The van der Waals surface area contributed by atoms with E-state index in [9.17, 15) is 0 Å². The van der Waals surface area contributed by atoms with Crippen LogP contribution in [0.1, 0.15) is 36.2 Å². The van der Waals surface area contributed by atoms with Crippen molar-refractivity contribution in [2.24, 2.45) is 0 Å². The highest BCUT2D eigenvalue weighted by Crippen LogP contribution is 2.26. The van der Waals surface area contributed by atoms with E-state index in [2.05, 4.69) is 52.8 Å². The van der Waals surface area contributed by atoms with E-state index in [-0.39, 0.29) is 6.04 Å². The van der Waals surface area contributed by atoms with Crippen molar-refractivity contribution in [3.8, 4) is 0 Å². The van der Waals surface area contributed by atoms with Gasteiger partial charge in [-0.05, 0) is 36.4 Å². The summed E-state index contributed by atoms with van der Waals surface area (Å²) in [6.07, 6.45) is 4.14. The number of aryl methyl sites for hydroxylation is 1. The molecule has 0 aliphatic carbocycles. The molecule has 0 saturated heterocycles. The number of pyridine rings is 1. The summed E-state index contributed by atoms with van der Waals surface area (Å²) >= 11 is 1.78. The maximum atomic E-state index is 4.59. The van der Waals surface area contributed by atoms with Gasteiger partial charge in [-0.2, -0.15) is 4.98 Å². The Morgan fingerprint density at radius 3 is 2.95 bits per heavy atom. The third-order valence-electron chi connectivity index (χ3n) is 3.32. The molecule has 0 aliphatic rings. The first kappa shape index (κ1) is 13.1. The van der Waals surface area contributed by atoms with Crippen molar-refractivity contribution >= 4 is 22.9 Å². The van der Waals surface area contributed by atoms with Crippen molar-refractivity contribution in [2.75, 3.05) is 5.32 Å². The SMILES string of the molecule is CCCC(Nc1nc2c(C)cccn2n1)c1cccs1. The molecule has 0 radical (unpaired) electrons. The van der Waals surface area contributed by atoms with Crippen LogP contribution in [-0.4, -0.2) is 14.6 Å². The maximum Gasteiger partial charge on any atom is 0.243 e. The molecule has 1 unspecified atom stereocenters. The first-order valence-electron chi connectivity index (χ1n) is 6.90. The van der Waals surface area contributed by atoms with Crippen molar-refractivity contribution in [1.29, 1.82) is 0 Å². The fraction of sp³-hybridized carbons (Fsp3) is 0.333. The number of hydrogen-bond donors (Lipinski definition) is 1. The number of nitrogens with zero attached hydrogens (tertiary/aromatic N) is 3. The van der Waals surface area contributed by atoms with Gasteiger partial charge in [-0.1, -0.05) is 25.5 Å². The Hall–Kier alpha value is -1.88. The first-order chi connectivity index (χ1) is 9.78. The summed E-state index contributed by atoms with van der Waals surface area (Å²) < 4.78 is 1.83. The minimum absolute atomic E-state index is 0.290. The third-order valence-corrected chi connectivity index (χ3v) is 4.31. The van der Waals surface area contributed by atoms with Crippen LogP contribution in [0.4, 0.5) is 5.95 Å². The first-order valence-corrected chi connectivity index (χ1v) is 7.78. The molecule has 3 aromatic rings. The molecule has 4 nitrogen and oxygen atoms in total. The Bertz CT molecular complexity index is 687. The highest BCUT2D eigenvalue weighted by atomic mass is 32.1. The van der Waals surface area contributed by atoms with E-state index >= 15 is 0 Å². The molecule has 1 N–H and O–H groups in total.